The molecule has 2 heterocycles. The summed E-state index contributed by atoms with van der Waals surface area (Å²) in [7, 11) is -3.84. The van der Waals surface area contributed by atoms with Crippen LogP contribution in [0.3, 0.4) is 0 Å². The van der Waals surface area contributed by atoms with Crippen LogP contribution in [-0.4, -0.2) is 17.8 Å². The highest BCUT2D eigenvalue weighted by Crippen LogP contribution is 2.29. The van der Waals surface area contributed by atoms with Crippen molar-refractivity contribution in [1.82, 2.24) is 9.38 Å². The van der Waals surface area contributed by atoms with E-state index < -0.39 is 15.8 Å². The maximum atomic E-state index is 13.1. The third kappa shape index (κ3) is 3.04. The van der Waals surface area contributed by atoms with E-state index in [0.717, 1.165) is 17.8 Å². The third-order valence-electron chi connectivity index (χ3n) is 3.94. The van der Waals surface area contributed by atoms with Gasteiger partial charge in [-0.05, 0) is 42.5 Å². The highest BCUT2D eigenvalue weighted by Gasteiger charge is 2.17. The fraction of sp³-hybridized carbons (Fsp3) is 0. The van der Waals surface area contributed by atoms with Crippen LogP contribution in [0.5, 0.6) is 0 Å². The molecule has 0 spiro atoms. The third-order valence-corrected chi connectivity index (χ3v) is 5.32. The monoisotopic (exact) mass is 367 g/mol. The van der Waals surface area contributed by atoms with Crippen molar-refractivity contribution >= 4 is 21.4 Å². The normalized spacial score (nSPS) is 11.6. The summed E-state index contributed by atoms with van der Waals surface area (Å²) in [6, 6.07) is 17.3. The van der Waals surface area contributed by atoms with Crippen molar-refractivity contribution < 1.29 is 12.8 Å². The molecule has 0 amide bonds. The number of nitrogens with zero attached hydrogens (tertiary/aromatic N) is 2. The Labute approximate surface area is 149 Å². The quantitative estimate of drug-likeness (QED) is 0.594. The minimum atomic E-state index is -3.84. The molecule has 4 rings (SSSR count). The molecular weight excluding hydrogens is 353 g/mol. The lowest BCUT2D eigenvalue weighted by Crippen LogP contribution is -2.13. The Balaban J connectivity index is 1.75. The molecule has 4 aromatic rings. The zero-order valence-corrected chi connectivity index (χ0v) is 14.3. The van der Waals surface area contributed by atoms with Gasteiger partial charge in [0.15, 0.2) is 0 Å². The molecule has 5 nitrogen and oxygen atoms in total. The van der Waals surface area contributed by atoms with Gasteiger partial charge in [0, 0.05) is 18.0 Å². The number of nitrogens with one attached hydrogen (secondary N) is 1. The first kappa shape index (κ1) is 16.3. The number of fused-ring (bicyclic) bond motifs is 1. The molecular formula is C19H14FN3O2S. The van der Waals surface area contributed by atoms with Crippen LogP contribution < -0.4 is 4.72 Å². The second-order valence-electron chi connectivity index (χ2n) is 5.70. The summed E-state index contributed by atoms with van der Waals surface area (Å²) in [4.78, 5) is 4.53. The number of halogens is 1. The van der Waals surface area contributed by atoms with Crippen molar-refractivity contribution in [3.05, 3.63) is 84.9 Å². The molecule has 0 saturated carbocycles. The van der Waals surface area contributed by atoms with Gasteiger partial charge in [-0.25, -0.2) is 17.8 Å². The highest BCUT2D eigenvalue weighted by molar-refractivity contribution is 7.92. The van der Waals surface area contributed by atoms with Crippen molar-refractivity contribution in [3.63, 3.8) is 0 Å². The molecule has 0 unspecified atom stereocenters. The predicted octanol–water partition coefficient (Wildman–Crippen LogP) is 3.94. The Morgan fingerprint density at radius 2 is 1.65 bits per heavy atom. The highest BCUT2D eigenvalue weighted by atomic mass is 32.2. The number of imidazole rings is 1. The predicted molar refractivity (Wildman–Crippen MR) is 97.8 cm³/mol. The van der Waals surface area contributed by atoms with Crippen molar-refractivity contribution in [3.8, 4) is 11.3 Å². The molecule has 0 atom stereocenters. The molecule has 26 heavy (non-hydrogen) atoms. The lowest BCUT2D eigenvalue weighted by atomic mass is 10.1. The zero-order chi connectivity index (χ0) is 18.1. The first-order chi connectivity index (χ1) is 12.5. The molecule has 0 bridgehead atoms. The molecule has 130 valence electrons. The largest absolute Gasteiger partial charge is 0.306 e. The number of pyridine rings is 1. The first-order valence-electron chi connectivity index (χ1n) is 7.84. The molecule has 0 radical (unpaired) electrons. The van der Waals surface area contributed by atoms with E-state index in [1.54, 1.807) is 18.2 Å². The lowest BCUT2D eigenvalue weighted by molar-refractivity contribution is 0.599. The van der Waals surface area contributed by atoms with Crippen LogP contribution in [-0.2, 0) is 10.0 Å². The molecule has 0 fully saturated rings. The zero-order valence-electron chi connectivity index (χ0n) is 13.5. The second-order valence-corrected chi connectivity index (χ2v) is 7.38. The van der Waals surface area contributed by atoms with Crippen molar-refractivity contribution in [2.24, 2.45) is 0 Å². The average Bonchev–Trinajstić information content (AvgIpc) is 3.06. The number of benzene rings is 2. The maximum absolute atomic E-state index is 13.1. The van der Waals surface area contributed by atoms with E-state index in [0.29, 0.717) is 16.9 Å². The van der Waals surface area contributed by atoms with E-state index in [1.807, 2.05) is 41.1 Å². The van der Waals surface area contributed by atoms with Gasteiger partial charge in [-0.2, -0.15) is 0 Å². The van der Waals surface area contributed by atoms with E-state index in [9.17, 15) is 12.8 Å². The minimum absolute atomic E-state index is 0.0105. The van der Waals surface area contributed by atoms with Gasteiger partial charge in [0.05, 0.1) is 16.3 Å². The van der Waals surface area contributed by atoms with Crippen LogP contribution in [0, 0.1) is 5.82 Å². The van der Waals surface area contributed by atoms with E-state index in [2.05, 4.69) is 9.71 Å². The van der Waals surface area contributed by atoms with Crippen LogP contribution in [0.15, 0.2) is 84.0 Å². The number of para-hydroxylation sites is 1. The Hall–Kier alpha value is -3.19. The minimum Gasteiger partial charge on any atom is -0.306 e. The van der Waals surface area contributed by atoms with E-state index in [1.165, 1.54) is 12.1 Å². The number of hydrogen-bond donors (Lipinski definition) is 1. The van der Waals surface area contributed by atoms with Crippen LogP contribution >= 0.6 is 0 Å². The fourth-order valence-electron chi connectivity index (χ4n) is 2.68. The van der Waals surface area contributed by atoms with Crippen LogP contribution in [0.2, 0.25) is 0 Å². The van der Waals surface area contributed by atoms with Gasteiger partial charge >= 0.3 is 0 Å². The van der Waals surface area contributed by atoms with Gasteiger partial charge in [0.25, 0.3) is 10.0 Å². The van der Waals surface area contributed by atoms with Gasteiger partial charge in [-0.15, -0.1) is 0 Å². The van der Waals surface area contributed by atoms with Gasteiger partial charge in [0.1, 0.15) is 11.5 Å². The van der Waals surface area contributed by atoms with Gasteiger partial charge in [-0.3, -0.25) is 4.72 Å². The number of anilines is 1. The molecule has 0 aliphatic rings. The number of aromatic nitrogens is 2. The maximum Gasteiger partial charge on any atom is 0.261 e. The second kappa shape index (κ2) is 6.27. The standard InChI is InChI=1S/C19H14FN3O2S/c20-14-8-10-15(11-9-14)26(24,25)22-17-6-2-1-5-16(17)18-13-23-12-4-3-7-19(23)21-18/h1-13,22H. The Morgan fingerprint density at radius 3 is 2.42 bits per heavy atom. The van der Waals surface area contributed by atoms with Crippen LogP contribution in [0.4, 0.5) is 10.1 Å². The van der Waals surface area contributed by atoms with Gasteiger partial charge in [-0.1, -0.05) is 24.3 Å². The number of rotatable bonds is 4. The van der Waals surface area contributed by atoms with Crippen molar-refractivity contribution in [2.75, 3.05) is 4.72 Å². The number of sulfonamides is 1. The van der Waals surface area contributed by atoms with E-state index in [-0.39, 0.29) is 4.90 Å². The molecule has 0 aliphatic heterocycles. The lowest BCUT2D eigenvalue weighted by Gasteiger charge is -2.11. The summed E-state index contributed by atoms with van der Waals surface area (Å²) in [6.07, 6.45) is 3.71. The first-order valence-corrected chi connectivity index (χ1v) is 9.33. The summed E-state index contributed by atoms with van der Waals surface area (Å²) >= 11 is 0. The number of hydrogen-bond acceptors (Lipinski definition) is 3. The molecule has 2 aromatic carbocycles. The van der Waals surface area contributed by atoms with Gasteiger partial charge < -0.3 is 4.40 Å². The van der Waals surface area contributed by atoms with Crippen LogP contribution in [0.25, 0.3) is 16.9 Å². The fourth-order valence-corrected chi connectivity index (χ4v) is 3.76. The summed E-state index contributed by atoms with van der Waals surface area (Å²) in [6.45, 7) is 0. The summed E-state index contributed by atoms with van der Waals surface area (Å²) in [5.74, 6) is -0.492. The van der Waals surface area contributed by atoms with E-state index >= 15 is 0 Å². The Morgan fingerprint density at radius 1 is 0.923 bits per heavy atom. The average molecular weight is 367 g/mol. The molecule has 0 aliphatic carbocycles. The summed E-state index contributed by atoms with van der Waals surface area (Å²) < 4.78 is 42.7. The van der Waals surface area contributed by atoms with Crippen LogP contribution in [0.1, 0.15) is 0 Å². The summed E-state index contributed by atoms with van der Waals surface area (Å²) in [5, 5.41) is 0. The molecule has 0 saturated heterocycles. The summed E-state index contributed by atoms with van der Waals surface area (Å²) in [5.41, 5.74) is 2.47. The van der Waals surface area contributed by atoms with E-state index in [4.69, 9.17) is 0 Å². The Bertz CT molecular complexity index is 1150. The molecule has 1 N–H and O–H groups in total. The van der Waals surface area contributed by atoms with Crippen molar-refractivity contribution in [2.45, 2.75) is 4.90 Å². The molecule has 2 aromatic heterocycles. The SMILES string of the molecule is O=S(=O)(Nc1ccccc1-c1cn2ccccc2n1)c1ccc(F)cc1. The van der Waals surface area contributed by atoms with Gasteiger partial charge in [0.2, 0.25) is 0 Å². The molecule has 7 heteroatoms. The Kier molecular flexibility index (Phi) is 3.93. The van der Waals surface area contributed by atoms with Crippen molar-refractivity contribution in [1.29, 1.82) is 0 Å². The topological polar surface area (TPSA) is 63.5 Å². The smallest absolute Gasteiger partial charge is 0.261 e.